The van der Waals surface area contributed by atoms with Gasteiger partial charge in [-0.15, -0.1) is 0 Å². The highest BCUT2D eigenvalue weighted by Gasteiger charge is 2.15. The van der Waals surface area contributed by atoms with Crippen LogP contribution in [0.15, 0.2) is 47.6 Å². The minimum Gasteiger partial charge on any atom is -0.356 e. The summed E-state index contributed by atoms with van der Waals surface area (Å²) in [7, 11) is 3.98. The Bertz CT molecular complexity index is 1050. The lowest BCUT2D eigenvalue weighted by molar-refractivity contribution is 0.312. The van der Waals surface area contributed by atoms with Crippen molar-refractivity contribution in [3.63, 3.8) is 0 Å². The zero-order chi connectivity index (χ0) is 22.3. The van der Waals surface area contributed by atoms with E-state index in [1.165, 1.54) is 11.1 Å². The summed E-state index contributed by atoms with van der Waals surface area (Å²) >= 11 is 0. The van der Waals surface area contributed by atoms with Crippen molar-refractivity contribution >= 4 is 22.8 Å². The fourth-order valence-electron chi connectivity index (χ4n) is 4.11. The molecular weight excluding hydrogens is 400 g/mol. The number of piperazine rings is 1. The van der Waals surface area contributed by atoms with E-state index in [1.54, 1.807) is 0 Å². The zero-order valence-corrected chi connectivity index (χ0v) is 19.4. The number of aryl methyl sites for hydroxylation is 2. The van der Waals surface area contributed by atoms with Gasteiger partial charge in [0, 0.05) is 59.1 Å². The van der Waals surface area contributed by atoms with E-state index < -0.39 is 0 Å². The Kier molecular flexibility index (Phi) is 7.21. The summed E-state index contributed by atoms with van der Waals surface area (Å²) in [6.07, 6.45) is 2.89. The molecule has 3 heterocycles. The highest BCUT2D eigenvalue weighted by Crippen LogP contribution is 2.16. The highest BCUT2D eigenvalue weighted by molar-refractivity contribution is 5.79. The Morgan fingerprint density at radius 3 is 2.72 bits per heavy atom. The van der Waals surface area contributed by atoms with Crippen molar-refractivity contribution in [3.05, 3.63) is 54.0 Å². The molecule has 0 bridgehead atoms. The number of rotatable bonds is 7. The number of likely N-dealkylation sites (N-methyl/N-ethyl adjacent to an activating group) is 1. The number of imidazole rings is 1. The molecule has 1 aromatic carbocycles. The molecule has 0 unspecified atom stereocenters. The SMILES string of the molecule is CN=C(NCCCn1c(C)nc2ccccc21)NCc1ccnc(N2CCN(C)CC2)c1. The number of nitrogens with zero attached hydrogens (tertiary/aromatic N) is 6. The maximum atomic E-state index is 4.65. The predicted molar refractivity (Wildman–Crippen MR) is 131 cm³/mol. The zero-order valence-electron chi connectivity index (χ0n) is 19.4. The highest BCUT2D eigenvalue weighted by atomic mass is 15.3. The van der Waals surface area contributed by atoms with Crippen LogP contribution in [-0.2, 0) is 13.1 Å². The normalized spacial score (nSPS) is 15.3. The summed E-state index contributed by atoms with van der Waals surface area (Å²) in [6.45, 7) is 8.76. The molecular formula is C24H34N8. The number of para-hydroxylation sites is 2. The van der Waals surface area contributed by atoms with E-state index in [9.17, 15) is 0 Å². The van der Waals surface area contributed by atoms with Crippen LogP contribution in [0.3, 0.4) is 0 Å². The molecule has 3 aromatic rings. The van der Waals surface area contributed by atoms with Crippen LogP contribution in [0.1, 0.15) is 17.8 Å². The molecule has 8 heteroatoms. The molecule has 1 aliphatic rings. The van der Waals surface area contributed by atoms with Crippen LogP contribution < -0.4 is 15.5 Å². The number of nitrogens with one attached hydrogen (secondary N) is 2. The van der Waals surface area contributed by atoms with E-state index in [1.807, 2.05) is 19.3 Å². The molecule has 170 valence electrons. The molecule has 1 saturated heterocycles. The molecule has 8 nitrogen and oxygen atoms in total. The summed E-state index contributed by atoms with van der Waals surface area (Å²) in [6, 6.07) is 12.5. The average Bonchev–Trinajstić information content (AvgIpc) is 3.14. The number of hydrogen-bond acceptors (Lipinski definition) is 5. The largest absolute Gasteiger partial charge is 0.356 e. The molecule has 0 amide bonds. The lowest BCUT2D eigenvalue weighted by atomic mass is 10.2. The van der Waals surface area contributed by atoms with Gasteiger partial charge in [0.2, 0.25) is 0 Å². The average molecular weight is 435 g/mol. The molecule has 2 N–H and O–H groups in total. The van der Waals surface area contributed by atoms with Gasteiger partial charge in [-0.1, -0.05) is 12.1 Å². The number of anilines is 1. The third-order valence-electron chi connectivity index (χ3n) is 6.02. The molecule has 1 aliphatic heterocycles. The Hall–Kier alpha value is -3.13. The van der Waals surface area contributed by atoms with Gasteiger partial charge in [0.25, 0.3) is 0 Å². The van der Waals surface area contributed by atoms with Gasteiger partial charge in [0.1, 0.15) is 11.6 Å². The fourth-order valence-corrected chi connectivity index (χ4v) is 4.11. The van der Waals surface area contributed by atoms with Crippen LogP contribution in [0.2, 0.25) is 0 Å². The number of aromatic nitrogens is 3. The van der Waals surface area contributed by atoms with Crippen LogP contribution >= 0.6 is 0 Å². The summed E-state index contributed by atoms with van der Waals surface area (Å²) in [5.41, 5.74) is 3.46. The molecule has 4 rings (SSSR count). The molecule has 0 radical (unpaired) electrons. The monoisotopic (exact) mass is 434 g/mol. The van der Waals surface area contributed by atoms with Crippen LogP contribution in [0.4, 0.5) is 5.82 Å². The topological polar surface area (TPSA) is 73.6 Å². The molecule has 32 heavy (non-hydrogen) atoms. The van der Waals surface area contributed by atoms with Gasteiger partial charge in [-0.2, -0.15) is 0 Å². The first kappa shape index (κ1) is 22.1. The Morgan fingerprint density at radius 1 is 1.09 bits per heavy atom. The molecule has 0 saturated carbocycles. The van der Waals surface area contributed by atoms with Gasteiger partial charge < -0.3 is 25.0 Å². The van der Waals surface area contributed by atoms with Gasteiger partial charge in [0.05, 0.1) is 11.0 Å². The van der Waals surface area contributed by atoms with E-state index in [2.05, 4.69) is 84.3 Å². The maximum Gasteiger partial charge on any atom is 0.191 e. The summed E-state index contributed by atoms with van der Waals surface area (Å²) in [5, 5.41) is 6.85. The third kappa shape index (κ3) is 5.37. The van der Waals surface area contributed by atoms with Crippen molar-refractivity contribution in [3.8, 4) is 0 Å². The minimum atomic E-state index is 0.716. The smallest absolute Gasteiger partial charge is 0.191 e. The third-order valence-corrected chi connectivity index (χ3v) is 6.02. The predicted octanol–water partition coefficient (Wildman–Crippen LogP) is 2.25. The molecule has 2 aromatic heterocycles. The Balaban J connectivity index is 1.25. The van der Waals surface area contributed by atoms with Gasteiger partial charge in [0.15, 0.2) is 5.96 Å². The van der Waals surface area contributed by atoms with Crippen molar-refractivity contribution in [1.29, 1.82) is 0 Å². The minimum absolute atomic E-state index is 0.716. The van der Waals surface area contributed by atoms with Crippen molar-refractivity contribution in [2.24, 2.45) is 4.99 Å². The van der Waals surface area contributed by atoms with E-state index in [4.69, 9.17) is 0 Å². The van der Waals surface area contributed by atoms with Crippen LogP contribution in [0.5, 0.6) is 0 Å². The molecule has 0 aliphatic carbocycles. The maximum absolute atomic E-state index is 4.65. The van der Waals surface area contributed by atoms with Crippen LogP contribution in [0.25, 0.3) is 11.0 Å². The lowest BCUT2D eigenvalue weighted by Gasteiger charge is -2.33. The number of aliphatic imine (C=N–C) groups is 1. The number of fused-ring (bicyclic) bond motifs is 1. The van der Waals surface area contributed by atoms with Gasteiger partial charge in [-0.25, -0.2) is 9.97 Å². The first-order valence-electron chi connectivity index (χ1n) is 11.4. The standard InChI is InChI=1S/C24H34N8/c1-19-29-21-7-4-5-8-22(21)32(19)12-6-10-27-24(25-2)28-18-20-9-11-26-23(17-20)31-15-13-30(3)14-16-31/h4-5,7-9,11,17H,6,10,12-16,18H2,1-3H3,(H2,25,27,28). The summed E-state index contributed by atoms with van der Waals surface area (Å²) in [5.74, 6) is 2.93. The quantitative estimate of drug-likeness (QED) is 0.338. The first-order valence-corrected chi connectivity index (χ1v) is 11.4. The summed E-state index contributed by atoms with van der Waals surface area (Å²) in [4.78, 5) is 18.3. The van der Waals surface area contributed by atoms with E-state index in [0.29, 0.717) is 6.54 Å². The lowest BCUT2D eigenvalue weighted by Crippen LogP contribution is -2.44. The van der Waals surface area contributed by atoms with E-state index >= 15 is 0 Å². The second-order valence-electron chi connectivity index (χ2n) is 8.32. The molecule has 0 spiro atoms. The van der Waals surface area contributed by atoms with Gasteiger partial charge in [-0.05, 0) is 50.2 Å². The van der Waals surface area contributed by atoms with E-state index in [-0.39, 0.29) is 0 Å². The van der Waals surface area contributed by atoms with Gasteiger partial charge >= 0.3 is 0 Å². The molecule has 1 fully saturated rings. The summed E-state index contributed by atoms with van der Waals surface area (Å²) < 4.78 is 2.28. The molecule has 0 atom stereocenters. The van der Waals surface area contributed by atoms with Crippen molar-refractivity contribution in [1.82, 2.24) is 30.1 Å². The number of pyridine rings is 1. The van der Waals surface area contributed by atoms with Crippen molar-refractivity contribution in [2.45, 2.75) is 26.4 Å². The number of hydrogen-bond donors (Lipinski definition) is 2. The Morgan fingerprint density at radius 2 is 1.91 bits per heavy atom. The van der Waals surface area contributed by atoms with E-state index in [0.717, 1.165) is 68.8 Å². The van der Waals surface area contributed by atoms with Crippen molar-refractivity contribution in [2.75, 3.05) is 51.7 Å². The second kappa shape index (κ2) is 10.5. The van der Waals surface area contributed by atoms with Crippen LogP contribution in [-0.4, -0.2) is 72.2 Å². The first-order chi connectivity index (χ1) is 15.6. The fraction of sp³-hybridized carbons (Fsp3) is 0.458. The number of benzene rings is 1. The number of guanidine groups is 1. The Labute approximate surface area is 190 Å². The van der Waals surface area contributed by atoms with Crippen molar-refractivity contribution < 1.29 is 0 Å². The van der Waals surface area contributed by atoms with Crippen LogP contribution in [0, 0.1) is 6.92 Å². The van der Waals surface area contributed by atoms with Gasteiger partial charge in [-0.3, -0.25) is 4.99 Å². The second-order valence-corrected chi connectivity index (χ2v) is 8.32.